The number of nitrogens with two attached hydrogens (primary N) is 1. The van der Waals surface area contributed by atoms with E-state index in [9.17, 15) is 14.0 Å². The summed E-state index contributed by atoms with van der Waals surface area (Å²) in [5, 5.41) is 0.143. The Balaban J connectivity index is 3.12. The SMILES string of the molecule is CC(N)n1c(=O)c2cccc(F)c2n(C)c1=O. The zero-order valence-electron chi connectivity index (χ0n) is 9.48. The fraction of sp³-hybridized carbons (Fsp3) is 0.273. The Hall–Kier alpha value is -1.95. The molecule has 0 aliphatic carbocycles. The quantitative estimate of drug-likeness (QED) is 0.776. The Morgan fingerprint density at radius 3 is 2.59 bits per heavy atom. The van der Waals surface area contributed by atoms with Crippen LogP contribution in [0.1, 0.15) is 13.1 Å². The molecule has 5 nitrogen and oxygen atoms in total. The normalized spacial score (nSPS) is 12.9. The van der Waals surface area contributed by atoms with Gasteiger partial charge < -0.3 is 5.73 Å². The number of halogens is 1. The van der Waals surface area contributed by atoms with Crippen LogP contribution in [0.2, 0.25) is 0 Å². The third kappa shape index (κ3) is 1.57. The Labute approximate surface area is 95.9 Å². The first-order chi connectivity index (χ1) is 7.95. The van der Waals surface area contributed by atoms with Crippen LogP contribution in [0.4, 0.5) is 4.39 Å². The number of aromatic nitrogens is 2. The number of para-hydroxylation sites is 1. The van der Waals surface area contributed by atoms with Crippen LogP contribution >= 0.6 is 0 Å². The molecule has 1 atom stereocenters. The number of hydrogen-bond donors (Lipinski definition) is 1. The van der Waals surface area contributed by atoms with Crippen molar-refractivity contribution in [2.75, 3.05) is 0 Å². The van der Waals surface area contributed by atoms with Gasteiger partial charge in [-0.15, -0.1) is 0 Å². The fourth-order valence-electron chi connectivity index (χ4n) is 1.86. The molecule has 0 aliphatic rings. The molecule has 1 aromatic carbocycles. The maximum atomic E-state index is 13.6. The van der Waals surface area contributed by atoms with Crippen molar-refractivity contribution in [3.63, 3.8) is 0 Å². The van der Waals surface area contributed by atoms with Crippen molar-refractivity contribution in [1.29, 1.82) is 0 Å². The van der Waals surface area contributed by atoms with Crippen LogP contribution in [0.15, 0.2) is 27.8 Å². The maximum absolute atomic E-state index is 13.6. The lowest BCUT2D eigenvalue weighted by Crippen LogP contribution is -2.43. The van der Waals surface area contributed by atoms with E-state index >= 15 is 0 Å². The van der Waals surface area contributed by atoms with E-state index in [1.54, 1.807) is 0 Å². The predicted octanol–water partition coefficient (Wildman–Crippen LogP) is 0.316. The van der Waals surface area contributed by atoms with Crippen LogP contribution in [0.25, 0.3) is 10.9 Å². The molecule has 1 heterocycles. The van der Waals surface area contributed by atoms with Crippen LogP contribution in [0, 0.1) is 5.82 Å². The molecule has 90 valence electrons. The van der Waals surface area contributed by atoms with Gasteiger partial charge in [0.25, 0.3) is 5.56 Å². The first kappa shape index (κ1) is 11.5. The van der Waals surface area contributed by atoms with Crippen molar-refractivity contribution < 1.29 is 4.39 Å². The third-order valence-electron chi connectivity index (χ3n) is 2.67. The lowest BCUT2D eigenvalue weighted by atomic mass is 10.2. The molecule has 17 heavy (non-hydrogen) atoms. The molecule has 0 saturated carbocycles. The molecule has 0 saturated heterocycles. The van der Waals surface area contributed by atoms with Crippen LogP contribution < -0.4 is 17.0 Å². The van der Waals surface area contributed by atoms with Gasteiger partial charge in [-0.3, -0.25) is 9.36 Å². The van der Waals surface area contributed by atoms with Gasteiger partial charge in [0.1, 0.15) is 5.82 Å². The van der Waals surface area contributed by atoms with E-state index in [1.807, 2.05) is 0 Å². The lowest BCUT2D eigenvalue weighted by Gasteiger charge is -2.13. The van der Waals surface area contributed by atoms with Crippen molar-refractivity contribution in [1.82, 2.24) is 9.13 Å². The highest BCUT2D eigenvalue weighted by molar-refractivity contribution is 5.78. The summed E-state index contributed by atoms with van der Waals surface area (Å²) in [4.78, 5) is 23.9. The smallest absolute Gasteiger partial charge is 0.311 e. The predicted molar refractivity (Wildman–Crippen MR) is 62.3 cm³/mol. The zero-order valence-corrected chi connectivity index (χ0v) is 9.48. The summed E-state index contributed by atoms with van der Waals surface area (Å²) in [7, 11) is 1.41. The van der Waals surface area contributed by atoms with Crippen molar-refractivity contribution in [2.24, 2.45) is 12.8 Å². The van der Waals surface area contributed by atoms with Crippen LogP contribution in [0.5, 0.6) is 0 Å². The summed E-state index contributed by atoms with van der Waals surface area (Å²) in [5.74, 6) is -0.601. The Bertz CT molecular complexity index is 700. The molecule has 0 spiro atoms. The maximum Gasteiger partial charge on any atom is 0.332 e. The summed E-state index contributed by atoms with van der Waals surface area (Å²) in [5.41, 5.74) is 4.37. The van der Waals surface area contributed by atoms with Crippen molar-refractivity contribution in [3.05, 3.63) is 44.9 Å². The minimum atomic E-state index is -0.756. The van der Waals surface area contributed by atoms with Gasteiger partial charge in [0, 0.05) is 7.05 Å². The molecule has 6 heteroatoms. The second kappa shape index (κ2) is 3.81. The molecule has 2 N–H and O–H groups in total. The summed E-state index contributed by atoms with van der Waals surface area (Å²) in [6.45, 7) is 1.52. The zero-order chi connectivity index (χ0) is 12.7. The number of nitrogens with zero attached hydrogens (tertiary/aromatic N) is 2. The van der Waals surface area contributed by atoms with Gasteiger partial charge in [0.05, 0.1) is 17.1 Å². The van der Waals surface area contributed by atoms with Gasteiger partial charge in [-0.1, -0.05) is 6.07 Å². The Morgan fingerprint density at radius 1 is 1.35 bits per heavy atom. The van der Waals surface area contributed by atoms with Crippen LogP contribution in [0.3, 0.4) is 0 Å². The van der Waals surface area contributed by atoms with E-state index in [4.69, 9.17) is 5.73 Å². The molecule has 1 unspecified atom stereocenters. The number of hydrogen-bond acceptors (Lipinski definition) is 3. The van der Waals surface area contributed by atoms with Crippen LogP contribution in [-0.2, 0) is 7.05 Å². The standard InChI is InChI=1S/C11H12FN3O2/c1-6(13)15-10(16)7-4-3-5-8(12)9(7)14(2)11(15)17/h3-6H,13H2,1-2H3. The van der Waals surface area contributed by atoms with Gasteiger partial charge in [-0.2, -0.15) is 0 Å². The Morgan fingerprint density at radius 2 is 2.00 bits per heavy atom. The van der Waals surface area contributed by atoms with E-state index < -0.39 is 23.2 Å². The number of rotatable bonds is 1. The molecule has 0 radical (unpaired) electrons. The molecular formula is C11H12FN3O2. The first-order valence-electron chi connectivity index (χ1n) is 5.10. The Kier molecular flexibility index (Phi) is 2.59. The molecule has 0 aliphatic heterocycles. The van der Waals surface area contributed by atoms with Crippen molar-refractivity contribution in [3.8, 4) is 0 Å². The summed E-state index contributed by atoms with van der Waals surface area (Å²) < 4.78 is 15.6. The van der Waals surface area contributed by atoms with Gasteiger partial charge >= 0.3 is 5.69 Å². The molecule has 1 aromatic heterocycles. The van der Waals surface area contributed by atoms with Gasteiger partial charge in [0.2, 0.25) is 0 Å². The molecule has 0 bridgehead atoms. The van der Waals surface area contributed by atoms with E-state index in [1.165, 1.54) is 32.2 Å². The van der Waals surface area contributed by atoms with Gasteiger partial charge in [-0.05, 0) is 19.1 Å². The molecule has 2 aromatic rings. The topological polar surface area (TPSA) is 70.0 Å². The lowest BCUT2D eigenvalue weighted by molar-refractivity contribution is 0.507. The van der Waals surface area contributed by atoms with E-state index in [2.05, 4.69) is 0 Å². The molecular weight excluding hydrogens is 225 g/mol. The van der Waals surface area contributed by atoms with Crippen molar-refractivity contribution >= 4 is 10.9 Å². The highest BCUT2D eigenvalue weighted by Crippen LogP contribution is 2.11. The average Bonchev–Trinajstić information content (AvgIpc) is 2.25. The molecule has 2 rings (SSSR count). The van der Waals surface area contributed by atoms with Gasteiger partial charge in [0.15, 0.2) is 0 Å². The first-order valence-corrected chi connectivity index (χ1v) is 5.10. The fourth-order valence-corrected chi connectivity index (χ4v) is 1.86. The second-order valence-electron chi connectivity index (χ2n) is 3.89. The minimum absolute atomic E-state index is 0.000556. The largest absolute Gasteiger partial charge is 0.332 e. The van der Waals surface area contributed by atoms with E-state index in [-0.39, 0.29) is 10.9 Å². The summed E-state index contributed by atoms with van der Waals surface area (Å²) in [6, 6.07) is 4.10. The van der Waals surface area contributed by atoms with Gasteiger partial charge in [-0.25, -0.2) is 13.8 Å². The number of aryl methyl sites for hydroxylation is 1. The summed E-state index contributed by atoms with van der Waals surface area (Å²) >= 11 is 0. The van der Waals surface area contributed by atoms with E-state index in [0.29, 0.717) is 0 Å². The van der Waals surface area contributed by atoms with Crippen molar-refractivity contribution in [2.45, 2.75) is 13.1 Å². The second-order valence-corrected chi connectivity index (χ2v) is 3.89. The minimum Gasteiger partial charge on any atom is -0.311 e. The highest BCUT2D eigenvalue weighted by atomic mass is 19.1. The van der Waals surface area contributed by atoms with Crippen LogP contribution in [-0.4, -0.2) is 9.13 Å². The summed E-state index contributed by atoms with van der Waals surface area (Å²) in [6.07, 6.45) is -0.756. The van der Waals surface area contributed by atoms with E-state index in [0.717, 1.165) is 9.13 Å². The number of benzene rings is 1. The average molecular weight is 237 g/mol. The highest BCUT2D eigenvalue weighted by Gasteiger charge is 2.15. The number of fused-ring (bicyclic) bond motifs is 1. The third-order valence-corrected chi connectivity index (χ3v) is 2.67. The molecule has 0 fully saturated rings. The molecule has 0 amide bonds. The monoisotopic (exact) mass is 237 g/mol.